The highest BCUT2D eigenvalue weighted by atomic mass is 16.7. The van der Waals surface area contributed by atoms with Crippen LogP contribution in [-0.4, -0.2) is 42.8 Å². The fourth-order valence-corrected chi connectivity index (χ4v) is 2.09. The van der Waals surface area contributed by atoms with Crippen LogP contribution in [0.15, 0.2) is 30.3 Å². The molecule has 0 aromatic heterocycles. The molecule has 4 nitrogen and oxygen atoms in total. The van der Waals surface area contributed by atoms with E-state index >= 15 is 0 Å². The second-order valence-corrected chi connectivity index (χ2v) is 5.39. The van der Waals surface area contributed by atoms with Gasteiger partial charge in [-0.05, 0) is 32.4 Å². The number of hydrogen-bond donors (Lipinski definition) is 2. The molecular formula is C15H23NO3. The van der Waals surface area contributed by atoms with Gasteiger partial charge in [-0.1, -0.05) is 30.3 Å². The van der Waals surface area contributed by atoms with Crippen LogP contribution in [0, 0.1) is 0 Å². The van der Waals surface area contributed by atoms with Crippen LogP contribution in [0.1, 0.15) is 19.4 Å². The van der Waals surface area contributed by atoms with Crippen LogP contribution < -0.4 is 5.32 Å². The van der Waals surface area contributed by atoms with Crippen LogP contribution in [0.25, 0.3) is 0 Å². The maximum absolute atomic E-state index is 10.0. The van der Waals surface area contributed by atoms with Crippen LogP contribution >= 0.6 is 0 Å². The Balaban J connectivity index is 1.79. The van der Waals surface area contributed by atoms with Crippen molar-refractivity contribution >= 4 is 0 Å². The van der Waals surface area contributed by atoms with Gasteiger partial charge < -0.3 is 19.9 Å². The summed E-state index contributed by atoms with van der Waals surface area (Å²) in [4.78, 5) is 0. The van der Waals surface area contributed by atoms with Gasteiger partial charge in [0.2, 0.25) is 0 Å². The minimum absolute atomic E-state index is 0.0783. The van der Waals surface area contributed by atoms with Gasteiger partial charge in [0, 0.05) is 0 Å². The van der Waals surface area contributed by atoms with E-state index < -0.39 is 11.9 Å². The topological polar surface area (TPSA) is 50.7 Å². The summed E-state index contributed by atoms with van der Waals surface area (Å²) in [5, 5.41) is 13.4. The largest absolute Gasteiger partial charge is 0.389 e. The Morgan fingerprint density at radius 2 is 1.89 bits per heavy atom. The number of nitrogens with one attached hydrogen (secondary N) is 1. The Morgan fingerprint density at radius 1 is 1.21 bits per heavy atom. The molecule has 0 amide bonds. The highest BCUT2D eigenvalue weighted by Gasteiger charge is 2.30. The lowest BCUT2D eigenvalue weighted by Gasteiger charge is -2.23. The number of benzene rings is 1. The van der Waals surface area contributed by atoms with Gasteiger partial charge >= 0.3 is 0 Å². The van der Waals surface area contributed by atoms with E-state index in [9.17, 15) is 5.11 Å². The summed E-state index contributed by atoms with van der Waals surface area (Å²) >= 11 is 0. The molecular weight excluding hydrogens is 242 g/mol. The number of aliphatic hydroxyl groups is 1. The van der Waals surface area contributed by atoms with Gasteiger partial charge in [-0.3, -0.25) is 0 Å². The van der Waals surface area contributed by atoms with Crippen molar-refractivity contribution in [2.75, 3.05) is 19.8 Å². The highest BCUT2D eigenvalue weighted by Crippen LogP contribution is 2.17. The SMILES string of the molecule is CC1(C)OCC(O)C(NCCc2ccccc2)CO1. The van der Waals surface area contributed by atoms with Crippen LogP contribution in [0.3, 0.4) is 0 Å². The molecule has 0 bridgehead atoms. The van der Waals surface area contributed by atoms with Crippen molar-refractivity contribution in [3.8, 4) is 0 Å². The molecule has 2 rings (SSSR count). The smallest absolute Gasteiger partial charge is 0.162 e. The average Bonchev–Trinajstić information content (AvgIpc) is 2.53. The lowest BCUT2D eigenvalue weighted by molar-refractivity contribution is -0.203. The molecule has 106 valence electrons. The van der Waals surface area contributed by atoms with Gasteiger partial charge in [-0.2, -0.15) is 0 Å². The Kier molecular flexibility index (Phi) is 4.93. The molecule has 2 unspecified atom stereocenters. The summed E-state index contributed by atoms with van der Waals surface area (Å²) in [6.07, 6.45) is 0.409. The van der Waals surface area contributed by atoms with Gasteiger partial charge in [0.1, 0.15) is 0 Å². The van der Waals surface area contributed by atoms with Crippen LogP contribution in [0.5, 0.6) is 0 Å². The summed E-state index contributed by atoms with van der Waals surface area (Å²) in [5.41, 5.74) is 1.29. The van der Waals surface area contributed by atoms with Crippen LogP contribution in [-0.2, 0) is 15.9 Å². The second kappa shape index (κ2) is 6.48. The minimum atomic E-state index is -0.614. The third-order valence-electron chi connectivity index (χ3n) is 3.34. The first kappa shape index (κ1) is 14.5. The van der Waals surface area contributed by atoms with Crippen LogP contribution in [0.2, 0.25) is 0 Å². The van der Waals surface area contributed by atoms with E-state index in [1.54, 1.807) is 0 Å². The molecule has 0 aliphatic carbocycles. The number of aliphatic hydroxyl groups excluding tert-OH is 1. The van der Waals surface area contributed by atoms with Gasteiger partial charge in [-0.25, -0.2) is 0 Å². The first-order valence-corrected chi connectivity index (χ1v) is 6.80. The molecule has 19 heavy (non-hydrogen) atoms. The molecule has 2 N–H and O–H groups in total. The fraction of sp³-hybridized carbons (Fsp3) is 0.600. The maximum atomic E-state index is 10.0. The molecule has 1 saturated heterocycles. The Labute approximate surface area is 114 Å². The molecule has 0 radical (unpaired) electrons. The van der Waals surface area contributed by atoms with Crippen molar-refractivity contribution in [2.45, 2.75) is 38.2 Å². The van der Waals surface area contributed by atoms with E-state index in [4.69, 9.17) is 9.47 Å². The van der Waals surface area contributed by atoms with Gasteiger partial charge in [0.15, 0.2) is 5.79 Å². The zero-order valence-electron chi connectivity index (χ0n) is 11.6. The second-order valence-electron chi connectivity index (χ2n) is 5.39. The monoisotopic (exact) mass is 265 g/mol. The Bertz CT molecular complexity index is 380. The summed E-state index contributed by atoms with van der Waals surface area (Å²) < 4.78 is 11.1. The number of hydrogen-bond acceptors (Lipinski definition) is 4. The standard InChI is InChI=1S/C15H23NO3/c1-15(2)18-10-13(14(17)11-19-15)16-9-8-12-6-4-3-5-7-12/h3-7,13-14,16-17H,8-11H2,1-2H3. The lowest BCUT2D eigenvalue weighted by atomic mass is 10.1. The van der Waals surface area contributed by atoms with Gasteiger partial charge in [0.25, 0.3) is 0 Å². The van der Waals surface area contributed by atoms with Gasteiger partial charge in [-0.15, -0.1) is 0 Å². The molecule has 2 atom stereocenters. The number of ether oxygens (including phenoxy) is 2. The molecule has 1 aliphatic heterocycles. The van der Waals surface area contributed by atoms with E-state index in [0.717, 1.165) is 13.0 Å². The van der Waals surface area contributed by atoms with Crippen molar-refractivity contribution in [3.05, 3.63) is 35.9 Å². The van der Waals surface area contributed by atoms with Crippen molar-refractivity contribution in [2.24, 2.45) is 0 Å². The van der Waals surface area contributed by atoms with E-state index in [1.165, 1.54) is 5.56 Å². The molecule has 1 aliphatic rings. The molecule has 0 spiro atoms. The molecule has 0 saturated carbocycles. The third kappa shape index (κ3) is 4.58. The summed E-state index contributed by atoms with van der Waals surface area (Å²) in [6.45, 7) is 5.31. The summed E-state index contributed by atoms with van der Waals surface area (Å²) in [5.74, 6) is -0.614. The van der Waals surface area contributed by atoms with Gasteiger partial charge in [0.05, 0.1) is 25.4 Å². The Morgan fingerprint density at radius 3 is 2.63 bits per heavy atom. The zero-order valence-corrected chi connectivity index (χ0v) is 11.6. The maximum Gasteiger partial charge on any atom is 0.162 e. The Hall–Kier alpha value is -0.940. The predicted octanol–water partition coefficient (Wildman–Crippen LogP) is 1.33. The van der Waals surface area contributed by atoms with Crippen molar-refractivity contribution in [1.82, 2.24) is 5.32 Å². The highest BCUT2D eigenvalue weighted by molar-refractivity contribution is 5.14. The fourth-order valence-electron chi connectivity index (χ4n) is 2.09. The van der Waals surface area contributed by atoms with Crippen molar-refractivity contribution < 1.29 is 14.6 Å². The lowest BCUT2D eigenvalue weighted by Crippen LogP contribution is -2.44. The molecule has 4 heteroatoms. The first-order chi connectivity index (χ1) is 9.07. The van der Waals surface area contributed by atoms with E-state index in [0.29, 0.717) is 13.2 Å². The van der Waals surface area contributed by atoms with Crippen molar-refractivity contribution in [1.29, 1.82) is 0 Å². The van der Waals surface area contributed by atoms with Crippen LogP contribution in [0.4, 0.5) is 0 Å². The summed E-state index contributed by atoms with van der Waals surface area (Å²) in [7, 11) is 0. The average molecular weight is 265 g/mol. The van der Waals surface area contributed by atoms with E-state index in [1.807, 2.05) is 32.0 Å². The zero-order chi connectivity index (χ0) is 13.7. The van der Waals surface area contributed by atoms with E-state index in [-0.39, 0.29) is 6.04 Å². The predicted molar refractivity (Wildman–Crippen MR) is 73.9 cm³/mol. The molecule has 1 fully saturated rings. The van der Waals surface area contributed by atoms with Crippen molar-refractivity contribution in [3.63, 3.8) is 0 Å². The first-order valence-electron chi connectivity index (χ1n) is 6.80. The molecule has 1 heterocycles. The minimum Gasteiger partial charge on any atom is -0.389 e. The molecule has 1 aromatic carbocycles. The molecule has 1 aromatic rings. The third-order valence-corrected chi connectivity index (χ3v) is 3.34. The normalized spacial score (nSPS) is 26.9. The quantitative estimate of drug-likeness (QED) is 0.862. The number of rotatable bonds is 4. The summed E-state index contributed by atoms with van der Waals surface area (Å²) in [6, 6.07) is 10.2. The van der Waals surface area contributed by atoms with E-state index in [2.05, 4.69) is 17.4 Å².